The summed E-state index contributed by atoms with van der Waals surface area (Å²) in [6.07, 6.45) is 4.81. The summed E-state index contributed by atoms with van der Waals surface area (Å²) in [5.41, 5.74) is 6.97. The summed E-state index contributed by atoms with van der Waals surface area (Å²) < 4.78 is 1.00. The van der Waals surface area contributed by atoms with Crippen LogP contribution < -0.4 is 5.73 Å². The van der Waals surface area contributed by atoms with Crippen molar-refractivity contribution < 1.29 is 0 Å². The average Bonchev–Trinajstić information content (AvgIpc) is 2.19. The van der Waals surface area contributed by atoms with Gasteiger partial charge in [0.15, 0.2) is 0 Å². The number of aromatic nitrogens is 1. The predicted octanol–water partition coefficient (Wildman–Crippen LogP) is 2.19. The van der Waals surface area contributed by atoms with E-state index in [4.69, 9.17) is 5.73 Å². The van der Waals surface area contributed by atoms with Gasteiger partial charge in [-0.1, -0.05) is 6.92 Å². The summed E-state index contributed by atoms with van der Waals surface area (Å²) in [5, 5.41) is 0. The molecule has 0 saturated heterocycles. The molecule has 1 heterocycles. The van der Waals surface area contributed by atoms with Crippen molar-refractivity contribution in [3.05, 3.63) is 28.5 Å². The molecule has 15 heavy (non-hydrogen) atoms. The van der Waals surface area contributed by atoms with Crippen molar-refractivity contribution in [1.82, 2.24) is 9.88 Å². The molecule has 3 nitrogen and oxygen atoms in total. The highest BCUT2D eigenvalue weighted by atomic mass is 79.9. The first kappa shape index (κ1) is 12.6. The molecule has 0 aliphatic heterocycles. The lowest BCUT2D eigenvalue weighted by Crippen LogP contribution is -2.31. The fourth-order valence-electron chi connectivity index (χ4n) is 1.69. The van der Waals surface area contributed by atoms with E-state index in [0.29, 0.717) is 6.54 Å². The van der Waals surface area contributed by atoms with E-state index in [9.17, 15) is 0 Å². The van der Waals surface area contributed by atoms with Gasteiger partial charge in [-0.25, -0.2) is 0 Å². The topological polar surface area (TPSA) is 42.1 Å². The van der Waals surface area contributed by atoms with Gasteiger partial charge in [0.25, 0.3) is 0 Å². The second-order valence-electron chi connectivity index (χ2n) is 3.67. The molecule has 0 fully saturated rings. The van der Waals surface area contributed by atoms with Gasteiger partial charge >= 0.3 is 0 Å². The molecule has 0 aliphatic carbocycles. The Kier molecular flexibility index (Phi) is 5.22. The predicted molar refractivity (Wildman–Crippen MR) is 66.7 cm³/mol. The van der Waals surface area contributed by atoms with Crippen LogP contribution in [-0.2, 0) is 0 Å². The minimum atomic E-state index is 0.259. The fourth-order valence-corrected chi connectivity index (χ4v) is 2.07. The van der Waals surface area contributed by atoms with E-state index in [2.05, 4.69) is 45.9 Å². The van der Waals surface area contributed by atoms with Gasteiger partial charge in [0.1, 0.15) is 0 Å². The van der Waals surface area contributed by atoms with E-state index in [1.54, 1.807) is 6.20 Å². The van der Waals surface area contributed by atoms with Crippen molar-refractivity contribution in [2.45, 2.75) is 19.4 Å². The molecule has 0 aliphatic rings. The maximum Gasteiger partial charge on any atom is 0.0483 e. The van der Waals surface area contributed by atoms with Gasteiger partial charge in [-0.15, -0.1) is 0 Å². The number of likely N-dealkylation sites (N-methyl/N-ethyl adjacent to an activating group) is 1. The minimum Gasteiger partial charge on any atom is -0.329 e. The molecule has 1 unspecified atom stereocenters. The van der Waals surface area contributed by atoms with E-state index in [1.807, 2.05) is 6.20 Å². The van der Waals surface area contributed by atoms with Crippen LogP contribution in [0.15, 0.2) is 22.9 Å². The summed E-state index contributed by atoms with van der Waals surface area (Å²) in [5.74, 6) is 0. The van der Waals surface area contributed by atoms with E-state index >= 15 is 0 Å². The number of rotatable bonds is 5. The van der Waals surface area contributed by atoms with Gasteiger partial charge in [0.05, 0.1) is 0 Å². The Morgan fingerprint density at radius 2 is 2.27 bits per heavy atom. The van der Waals surface area contributed by atoms with Crippen LogP contribution in [0.5, 0.6) is 0 Å². The zero-order valence-corrected chi connectivity index (χ0v) is 10.9. The smallest absolute Gasteiger partial charge is 0.0483 e. The van der Waals surface area contributed by atoms with Crippen LogP contribution in [-0.4, -0.2) is 30.0 Å². The highest BCUT2D eigenvalue weighted by Crippen LogP contribution is 2.20. The Bertz CT molecular complexity index is 304. The van der Waals surface area contributed by atoms with Crippen molar-refractivity contribution in [2.75, 3.05) is 20.1 Å². The number of nitrogens with two attached hydrogens (primary N) is 1. The monoisotopic (exact) mass is 271 g/mol. The van der Waals surface area contributed by atoms with Crippen LogP contribution >= 0.6 is 15.9 Å². The third-order valence-corrected chi connectivity index (χ3v) is 2.88. The molecular weight excluding hydrogens is 254 g/mol. The van der Waals surface area contributed by atoms with Gasteiger partial charge in [-0.05, 0) is 47.6 Å². The van der Waals surface area contributed by atoms with E-state index in [-0.39, 0.29) is 6.04 Å². The second kappa shape index (κ2) is 6.20. The molecule has 1 aromatic rings. The Labute approximate surface area is 99.8 Å². The van der Waals surface area contributed by atoms with Crippen molar-refractivity contribution in [2.24, 2.45) is 5.73 Å². The molecule has 1 aromatic heterocycles. The van der Waals surface area contributed by atoms with Crippen LogP contribution in [0.4, 0.5) is 0 Å². The summed E-state index contributed by atoms with van der Waals surface area (Å²) in [6, 6.07) is 2.34. The summed E-state index contributed by atoms with van der Waals surface area (Å²) >= 11 is 3.43. The molecule has 0 saturated carbocycles. The second-order valence-corrected chi connectivity index (χ2v) is 4.58. The molecule has 0 spiro atoms. The minimum absolute atomic E-state index is 0.259. The van der Waals surface area contributed by atoms with Gasteiger partial charge in [-0.2, -0.15) is 0 Å². The largest absolute Gasteiger partial charge is 0.329 e. The SMILES string of the molecule is CCCN(C)C(CN)c1cncc(Br)c1. The lowest BCUT2D eigenvalue weighted by molar-refractivity contribution is 0.250. The number of hydrogen-bond acceptors (Lipinski definition) is 3. The summed E-state index contributed by atoms with van der Waals surface area (Å²) in [4.78, 5) is 6.43. The average molecular weight is 272 g/mol. The third kappa shape index (κ3) is 3.55. The maximum atomic E-state index is 5.80. The van der Waals surface area contributed by atoms with Gasteiger partial charge in [0.2, 0.25) is 0 Å². The molecule has 2 N–H and O–H groups in total. The van der Waals surface area contributed by atoms with Crippen molar-refractivity contribution in [3.8, 4) is 0 Å². The quantitative estimate of drug-likeness (QED) is 0.893. The van der Waals surface area contributed by atoms with Gasteiger partial charge in [0, 0.05) is 29.5 Å². The molecule has 4 heteroatoms. The summed E-state index contributed by atoms with van der Waals surface area (Å²) in [6.45, 7) is 3.84. The number of pyridine rings is 1. The van der Waals surface area contributed by atoms with E-state index < -0.39 is 0 Å². The maximum absolute atomic E-state index is 5.80. The molecule has 1 rings (SSSR count). The zero-order chi connectivity index (χ0) is 11.3. The molecule has 0 aromatic carbocycles. The van der Waals surface area contributed by atoms with Crippen LogP contribution in [0.1, 0.15) is 24.9 Å². The first-order valence-corrected chi connectivity index (χ1v) is 5.99. The number of halogens is 1. The molecule has 0 radical (unpaired) electrons. The van der Waals surface area contributed by atoms with Crippen LogP contribution in [0.25, 0.3) is 0 Å². The lowest BCUT2D eigenvalue weighted by atomic mass is 10.1. The highest BCUT2D eigenvalue weighted by Gasteiger charge is 2.14. The zero-order valence-electron chi connectivity index (χ0n) is 9.28. The van der Waals surface area contributed by atoms with Crippen LogP contribution in [0.3, 0.4) is 0 Å². The standard InChI is InChI=1S/C11H18BrN3/c1-3-4-15(2)11(6-13)9-5-10(12)8-14-7-9/h5,7-8,11H,3-4,6,13H2,1-2H3. The molecule has 84 valence electrons. The van der Waals surface area contributed by atoms with Crippen LogP contribution in [0.2, 0.25) is 0 Å². The lowest BCUT2D eigenvalue weighted by Gasteiger charge is -2.26. The van der Waals surface area contributed by atoms with E-state index in [1.165, 1.54) is 5.56 Å². The highest BCUT2D eigenvalue weighted by molar-refractivity contribution is 9.10. The molecular formula is C11H18BrN3. The normalized spacial score (nSPS) is 13.1. The first-order chi connectivity index (χ1) is 7.19. The van der Waals surface area contributed by atoms with Gasteiger partial charge in [-0.3, -0.25) is 9.88 Å². The van der Waals surface area contributed by atoms with E-state index in [0.717, 1.165) is 17.4 Å². The first-order valence-electron chi connectivity index (χ1n) is 5.19. The number of hydrogen-bond donors (Lipinski definition) is 1. The molecule has 0 bridgehead atoms. The Balaban J connectivity index is 2.82. The Hall–Kier alpha value is -0.450. The van der Waals surface area contributed by atoms with Crippen molar-refractivity contribution in [3.63, 3.8) is 0 Å². The van der Waals surface area contributed by atoms with Crippen molar-refractivity contribution in [1.29, 1.82) is 0 Å². The summed E-state index contributed by atoms with van der Waals surface area (Å²) in [7, 11) is 2.10. The number of nitrogens with zero attached hydrogens (tertiary/aromatic N) is 2. The Morgan fingerprint density at radius 1 is 1.53 bits per heavy atom. The van der Waals surface area contributed by atoms with Crippen molar-refractivity contribution >= 4 is 15.9 Å². The fraction of sp³-hybridized carbons (Fsp3) is 0.545. The Morgan fingerprint density at radius 3 is 2.80 bits per heavy atom. The van der Waals surface area contributed by atoms with Gasteiger partial charge < -0.3 is 5.73 Å². The molecule has 1 atom stereocenters. The molecule has 0 amide bonds. The van der Waals surface area contributed by atoms with Crippen LogP contribution in [0, 0.1) is 0 Å². The third-order valence-electron chi connectivity index (χ3n) is 2.44.